The van der Waals surface area contributed by atoms with Crippen LogP contribution in [0.1, 0.15) is 27.5 Å². The van der Waals surface area contributed by atoms with E-state index in [1.54, 1.807) is 29.2 Å². The first-order chi connectivity index (χ1) is 14.2. The molecule has 0 aliphatic carbocycles. The molecule has 2 aliphatic rings. The number of benzene rings is 3. The molecule has 0 bridgehead atoms. The lowest BCUT2D eigenvalue weighted by atomic mass is 10.0. The Kier molecular flexibility index (Phi) is 4.17. The summed E-state index contributed by atoms with van der Waals surface area (Å²) >= 11 is 0. The second kappa shape index (κ2) is 6.98. The van der Waals surface area contributed by atoms with Crippen molar-refractivity contribution in [3.63, 3.8) is 0 Å². The molecule has 2 heterocycles. The van der Waals surface area contributed by atoms with E-state index < -0.39 is 6.04 Å². The summed E-state index contributed by atoms with van der Waals surface area (Å²) in [7, 11) is 0. The fourth-order valence-corrected chi connectivity index (χ4v) is 3.78. The van der Waals surface area contributed by atoms with E-state index in [0.717, 1.165) is 11.1 Å². The minimum Gasteiger partial charge on any atom is -0.454 e. The van der Waals surface area contributed by atoms with Crippen molar-refractivity contribution in [2.24, 2.45) is 0 Å². The highest BCUT2D eigenvalue weighted by atomic mass is 16.7. The molecule has 2 amide bonds. The summed E-state index contributed by atoms with van der Waals surface area (Å²) < 4.78 is 10.7. The number of ether oxygens (including phenoxy) is 2. The highest BCUT2D eigenvalue weighted by Crippen LogP contribution is 2.36. The van der Waals surface area contributed by atoms with Crippen molar-refractivity contribution in [3.05, 3.63) is 89.5 Å². The number of amides is 2. The Morgan fingerprint density at radius 1 is 0.931 bits per heavy atom. The number of nitrogens with one attached hydrogen (secondary N) is 1. The Labute approximate surface area is 167 Å². The molecular formula is C23H18N2O4. The van der Waals surface area contributed by atoms with E-state index in [0.29, 0.717) is 29.3 Å². The third kappa shape index (κ3) is 3.08. The van der Waals surface area contributed by atoms with Crippen LogP contribution in [0.25, 0.3) is 0 Å². The van der Waals surface area contributed by atoms with E-state index in [9.17, 15) is 9.59 Å². The number of hydrogen-bond donors (Lipinski definition) is 1. The first kappa shape index (κ1) is 17.3. The van der Waals surface area contributed by atoms with Crippen LogP contribution >= 0.6 is 0 Å². The SMILES string of the molecule is O=C(Nc1ccc2c(c1)OCO2)[C@@H](c1ccccc1)N1Cc2ccccc2C1=O. The Hall–Kier alpha value is -3.80. The van der Waals surface area contributed by atoms with E-state index in [1.807, 2.05) is 48.5 Å². The molecule has 0 saturated carbocycles. The lowest BCUT2D eigenvalue weighted by Crippen LogP contribution is -2.37. The molecule has 29 heavy (non-hydrogen) atoms. The van der Waals surface area contributed by atoms with Gasteiger partial charge >= 0.3 is 0 Å². The lowest BCUT2D eigenvalue weighted by molar-refractivity contribution is -0.120. The van der Waals surface area contributed by atoms with Crippen LogP contribution in [0.15, 0.2) is 72.8 Å². The zero-order valence-electron chi connectivity index (χ0n) is 15.5. The van der Waals surface area contributed by atoms with Crippen molar-refractivity contribution in [3.8, 4) is 11.5 Å². The van der Waals surface area contributed by atoms with Crippen molar-refractivity contribution >= 4 is 17.5 Å². The van der Waals surface area contributed by atoms with Crippen LogP contribution in [0, 0.1) is 0 Å². The molecule has 0 unspecified atom stereocenters. The van der Waals surface area contributed by atoms with Gasteiger partial charge in [-0.3, -0.25) is 9.59 Å². The van der Waals surface area contributed by atoms with Crippen LogP contribution in [0.5, 0.6) is 11.5 Å². The summed E-state index contributed by atoms with van der Waals surface area (Å²) in [6.45, 7) is 0.559. The van der Waals surface area contributed by atoms with E-state index in [2.05, 4.69) is 5.32 Å². The van der Waals surface area contributed by atoms with Crippen LogP contribution in [0.4, 0.5) is 5.69 Å². The number of fused-ring (bicyclic) bond motifs is 2. The Morgan fingerprint density at radius 2 is 1.69 bits per heavy atom. The predicted octanol–water partition coefficient (Wildman–Crippen LogP) is 3.75. The van der Waals surface area contributed by atoms with Gasteiger partial charge in [0.15, 0.2) is 11.5 Å². The number of rotatable bonds is 4. The Balaban J connectivity index is 1.47. The van der Waals surface area contributed by atoms with Crippen molar-refractivity contribution in [1.82, 2.24) is 4.90 Å². The molecule has 144 valence electrons. The van der Waals surface area contributed by atoms with Gasteiger partial charge in [0.1, 0.15) is 6.04 Å². The summed E-state index contributed by atoms with van der Waals surface area (Å²) in [5.41, 5.74) is 2.91. The highest BCUT2D eigenvalue weighted by molar-refractivity contribution is 6.04. The van der Waals surface area contributed by atoms with E-state index in [-0.39, 0.29) is 18.6 Å². The van der Waals surface area contributed by atoms with E-state index in [1.165, 1.54) is 0 Å². The maximum atomic E-state index is 13.3. The summed E-state index contributed by atoms with van der Waals surface area (Å²) in [5.74, 6) is 0.808. The number of carbonyl (C=O) groups excluding carboxylic acids is 2. The first-order valence-corrected chi connectivity index (χ1v) is 9.35. The van der Waals surface area contributed by atoms with Gasteiger partial charge in [-0.1, -0.05) is 48.5 Å². The molecule has 1 atom stereocenters. The number of carbonyl (C=O) groups is 2. The second-order valence-electron chi connectivity index (χ2n) is 6.96. The lowest BCUT2D eigenvalue weighted by Gasteiger charge is -2.27. The number of hydrogen-bond acceptors (Lipinski definition) is 4. The standard InChI is InChI=1S/C23H18N2O4/c26-22(24-17-10-11-19-20(12-17)29-14-28-19)21(15-6-2-1-3-7-15)25-13-16-8-4-5-9-18(16)23(25)27/h1-12,21H,13-14H2,(H,24,26)/t21-/m1/s1. The summed E-state index contributed by atoms with van der Waals surface area (Å²) in [4.78, 5) is 28.0. The minimum absolute atomic E-state index is 0.143. The van der Waals surface area contributed by atoms with E-state index >= 15 is 0 Å². The molecule has 0 aromatic heterocycles. The molecule has 3 aromatic carbocycles. The van der Waals surface area contributed by atoms with E-state index in [4.69, 9.17) is 9.47 Å². The summed E-state index contributed by atoms with van der Waals surface area (Å²) in [6.07, 6.45) is 0. The Morgan fingerprint density at radius 3 is 2.52 bits per heavy atom. The smallest absolute Gasteiger partial charge is 0.255 e. The van der Waals surface area contributed by atoms with Crippen LogP contribution in [0.3, 0.4) is 0 Å². The molecule has 0 spiro atoms. The molecule has 5 rings (SSSR count). The van der Waals surface area contributed by atoms with Crippen LogP contribution in [-0.2, 0) is 11.3 Å². The monoisotopic (exact) mass is 386 g/mol. The third-order valence-corrected chi connectivity index (χ3v) is 5.16. The van der Waals surface area contributed by atoms with Gasteiger partial charge in [0, 0.05) is 23.9 Å². The predicted molar refractivity (Wildman–Crippen MR) is 107 cm³/mol. The van der Waals surface area contributed by atoms with Crippen molar-refractivity contribution in [2.75, 3.05) is 12.1 Å². The molecule has 3 aromatic rings. The number of anilines is 1. The highest BCUT2D eigenvalue weighted by Gasteiger charge is 2.37. The molecule has 0 radical (unpaired) electrons. The maximum Gasteiger partial charge on any atom is 0.255 e. The van der Waals surface area contributed by atoms with Gasteiger partial charge in [0.05, 0.1) is 0 Å². The fourth-order valence-electron chi connectivity index (χ4n) is 3.78. The first-order valence-electron chi connectivity index (χ1n) is 9.35. The van der Waals surface area contributed by atoms with Crippen LogP contribution in [-0.4, -0.2) is 23.5 Å². The Bertz CT molecular complexity index is 1100. The zero-order valence-corrected chi connectivity index (χ0v) is 15.5. The van der Waals surface area contributed by atoms with Crippen LogP contribution in [0.2, 0.25) is 0 Å². The third-order valence-electron chi connectivity index (χ3n) is 5.16. The molecule has 6 heteroatoms. The number of nitrogens with zero attached hydrogens (tertiary/aromatic N) is 1. The van der Waals surface area contributed by atoms with Gasteiger partial charge in [-0.2, -0.15) is 0 Å². The molecule has 0 fully saturated rings. The van der Waals surface area contributed by atoms with Crippen molar-refractivity contribution in [2.45, 2.75) is 12.6 Å². The van der Waals surface area contributed by atoms with Crippen molar-refractivity contribution in [1.29, 1.82) is 0 Å². The average Bonchev–Trinajstić information content (AvgIpc) is 3.34. The fraction of sp³-hybridized carbons (Fsp3) is 0.130. The minimum atomic E-state index is -0.749. The van der Waals surface area contributed by atoms with Gasteiger partial charge in [0.2, 0.25) is 6.79 Å². The molecule has 6 nitrogen and oxygen atoms in total. The van der Waals surface area contributed by atoms with Crippen molar-refractivity contribution < 1.29 is 19.1 Å². The largest absolute Gasteiger partial charge is 0.454 e. The average molecular weight is 386 g/mol. The van der Waals surface area contributed by atoms with Gasteiger partial charge in [-0.05, 0) is 29.3 Å². The molecular weight excluding hydrogens is 368 g/mol. The second-order valence-corrected chi connectivity index (χ2v) is 6.96. The molecule has 1 N–H and O–H groups in total. The van der Waals surface area contributed by atoms with Gasteiger partial charge < -0.3 is 19.7 Å². The topological polar surface area (TPSA) is 67.9 Å². The quantitative estimate of drug-likeness (QED) is 0.742. The summed E-state index contributed by atoms with van der Waals surface area (Å²) in [6, 6.07) is 21.3. The van der Waals surface area contributed by atoms with Gasteiger partial charge in [-0.15, -0.1) is 0 Å². The summed E-state index contributed by atoms with van der Waals surface area (Å²) in [5, 5.41) is 2.93. The molecule has 2 aliphatic heterocycles. The molecule has 0 saturated heterocycles. The van der Waals surface area contributed by atoms with Crippen LogP contribution < -0.4 is 14.8 Å². The normalized spacial score (nSPS) is 15.2. The maximum absolute atomic E-state index is 13.3. The van der Waals surface area contributed by atoms with Gasteiger partial charge in [-0.25, -0.2) is 0 Å². The zero-order chi connectivity index (χ0) is 19.8. The van der Waals surface area contributed by atoms with Gasteiger partial charge in [0.25, 0.3) is 11.8 Å².